The lowest BCUT2D eigenvalue weighted by Crippen LogP contribution is -2.06. The average molecular weight is 222 g/mol. The second-order valence-electron chi connectivity index (χ2n) is 3.25. The summed E-state index contributed by atoms with van der Waals surface area (Å²) >= 11 is 6.08. The van der Waals surface area contributed by atoms with Crippen LogP contribution in [0.25, 0.3) is 11.3 Å². The van der Waals surface area contributed by atoms with E-state index in [1.807, 2.05) is 31.3 Å². The van der Waals surface area contributed by atoms with Crippen molar-refractivity contribution in [1.82, 2.24) is 15.3 Å². The highest BCUT2D eigenvalue weighted by Crippen LogP contribution is 2.25. The molecule has 2 N–H and O–H groups in total. The number of aromatic nitrogens is 2. The van der Waals surface area contributed by atoms with E-state index in [9.17, 15) is 0 Å². The van der Waals surface area contributed by atoms with E-state index in [-0.39, 0.29) is 0 Å². The van der Waals surface area contributed by atoms with Gasteiger partial charge in [0.15, 0.2) is 0 Å². The van der Waals surface area contributed by atoms with Crippen LogP contribution in [-0.4, -0.2) is 17.0 Å². The molecule has 2 aromatic rings. The third-order valence-corrected chi connectivity index (χ3v) is 2.47. The molecular formula is C11H12ClN3. The third-order valence-electron chi connectivity index (χ3n) is 2.14. The van der Waals surface area contributed by atoms with Crippen molar-refractivity contribution in [2.24, 2.45) is 0 Å². The van der Waals surface area contributed by atoms with Crippen LogP contribution in [0.3, 0.4) is 0 Å². The minimum Gasteiger partial charge on any atom is -0.341 e. The van der Waals surface area contributed by atoms with Crippen LogP contribution in [0.5, 0.6) is 0 Å². The number of hydrogen-bond acceptors (Lipinski definition) is 2. The van der Waals surface area contributed by atoms with Gasteiger partial charge < -0.3 is 10.3 Å². The van der Waals surface area contributed by atoms with Gasteiger partial charge in [0.2, 0.25) is 0 Å². The van der Waals surface area contributed by atoms with Crippen LogP contribution >= 0.6 is 11.6 Å². The van der Waals surface area contributed by atoms with Gasteiger partial charge in [-0.3, -0.25) is 0 Å². The SMILES string of the molecule is CNCc1ncc(-c2ccccc2Cl)[nH]1. The van der Waals surface area contributed by atoms with Crippen LogP contribution in [0, 0.1) is 0 Å². The van der Waals surface area contributed by atoms with Gasteiger partial charge >= 0.3 is 0 Å². The Labute approximate surface area is 93.5 Å². The summed E-state index contributed by atoms with van der Waals surface area (Å²) in [4.78, 5) is 7.46. The Kier molecular flexibility index (Phi) is 3.04. The molecule has 0 aliphatic rings. The number of aromatic amines is 1. The number of nitrogens with zero attached hydrogens (tertiary/aromatic N) is 1. The lowest BCUT2D eigenvalue weighted by molar-refractivity contribution is 0.772. The van der Waals surface area contributed by atoms with E-state index in [4.69, 9.17) is 11.6 Å². The van der Waals surface area contributed by atoms with E-state index < -0.39 is 0 Å². The summed E-state index contributed by atoms with van der Waals surface area (Å²) in [6.07, 6.45) is 1.80. The van der Waals surface area contributed by atoms with E-state index in [2.05, 4.69) is 15.3 Å². The van der Waals surface area contributed by atoms with Gasteiger partial charge in [-0.2, -0.15) is 0 Å². The fourth-order valence-electron chi connectivity index (χ4n) is 1.44. The van der Waals surface area contributed by atoms with Gasteiger partial charge in [-0.05, 0) is 13.1 Å². The highest BCUT2D eigenvalue weighted by atomic mass is 35.5. The van der Waals surface area contributed by atoms with E-state index >= 15 is 0 Å². The van der Waals surface area contributed by atoms with Crippen molar-refractivity contribution in [1.29, 1.82) is 0 Å². The van der Waals surface area contributed by atoms with Crippen molar-refractivity contribution in [3.05, 3.63) is 41.3 Å². The van der Waals surface area contributed by atoms with E-state index in [0.29, 0.717) is 0 Å². The predicted octanol–water partition coefficient (Wildman–Crippen LogP) is 2.45. The summed E-state index contributed by atoms with van der Waals surface area (Å²) in [5, 5.41) is 3.77. The normalized spacial score (nSPS) is 10.5. The van der Waals surface area contributed by atoms with Crippen molar-refractivity contribution >= 4 is 11.6 Å². The smallest absolute Gasteiger partial charge is 0.120 e. The maximum absolute atomic E-state index is 6.08. The van der Waals surface area contributed by atoms with Crippen LogP contribution in [0.1, 0.15) is 5.82 Å². The largest absolute Gasteiger partial charge is 0.341 e. The Morgan fingerprint density at radius 1 is 1.40 bits per heavy atom. The number of imidazole rings is 1. The molecule has 15 heavy (non-hydrogen) atoms. The van der Waals surface area contributed by atoms with Gasteiger partial charge in [0.25, 0.3) is 0 Å². The summed E-state index contributed by atoms with van der Waals surface area (Å²) in [5.41, 5.74) is 1.93. The lowest BCUT2D eigenvalue weighted by Gasteiger charge is -1.99. The molecule has 0 aliphatic heterocycles. The first-order valence-corrected chi connectivity index (χ1v) is 5.12. The van der Waals surface area contributed by atoms with Gasteiger partial charge in [-0.15, -0.1) is 0 Å². The number of nitrogens with one attached hydrogen (secondary N) is 2. The molecule has 0 fully saturated rings. The van der Waals surface area contributed by atoms with E-state index in [1.165, 1.54) is 0 Å². The van der Waals surface area contributed by atoms with Crippen molar-refractivity contribution in [3.8, 4) is 11.3 Å². The van der Waals surface area contributed by atoms with Gasteiger partial charge in [0.1, 0.15) is 5.82 Å². The maximum Gasteiger partial charge on any atom is 0.120 e. The molecule has 0 atom stereocenters. The topological polar surface area (TPSA) is 40.7 Å². The second kappa shape index (κ2) is 4.47. The van der Waals surface area contributed by atoms with Crippen molar-refractivity contribution < 1.29 is 0 Å². The first kappa shape index (κ1) is 10.2. The molecule has 0 bridgehead atoms. The molecule has 4 heteroatoms. The minimum atomic E-state index is 0.727. The van der Waals surface area contributed by atoms with E-state index in [0.717, 1.165) is 28.6 Å². The fourth-order valence-corrected chi connectivity index (χ4v) is 1.67. The maximum atomic E-state index is 6.08. The quantitative estimate of drug-likeness (QED) is 0.836. The molecule has 1 aromatic heterocycles. The molecule has 3 nitrogen and oxygen atoms in total. The molecule has 0 amide bonds. The fraction of sp³-hybridized carbons (Fsp3) is 0.182. The molecule has 0 aliphatic carbocycles. The summed E-state index contributed by atoms with van der Waals surface area (Å²) in [7, 11) is 1.89. The Morgan fingerprint density at radius 3 is 2.93 bits per heavy atom. The van der Waals surface area contributed by atoms with Crippen molar-refractivity contribution in [2.75, 3.05) is 7.05 Å². The lowest BCUT2D eigenvalue weighted by atomic mass is 10.2. The van der Waals surface area contributed by atoms with Gasteiger partial charge in [-0.1, -0.05) is 29.8 Å². The predicted molar refractivity (Wildman–Crippen MR) is 61.8 cm³/mol. The minimum absolute atomic E-state index is 0.727. The van der Waals surface area contributed by atoms with Crippen LogP contribution < -0.4 is 5.32 Å². The number of H-pyrrole nitrogens is 1. The Hall–Kier alpha value is -1.32. The van der Waals surface area contributed by atoms with Crippen LogP contribution in [0.4, 0.5) is 0 Å². The van der Waals surface area contributed by atoms with Gasteiger partial charge in [0.05, 0.1) is 18.4 Å². The average Bonchev–Trinajstić information content (AvgIpc) is 2.68. The molecular weight excluding hydrogens is 210 g/mol. The molecule has 78 valence electrons. The van der Waals surface area contributed by atoms with Gasteiger partial charge in [0, 0.05) is 10.6 Å². The van der Waals surface area contributed by atoms with Crippen LogP contribution in [0.15, 0.2) is 30.5 Å². The van der Waals surface area contributed by atoms with Crippen LogP contribution in [-0.2, 0) is 6.54 Å². The highest BCUT2D eigenvalue weighted by molar-refractivity contribution is 6.33. The number of hydrogen-bond donors (Lipinski definition) is 2. The Morgan fingerprint density at radius 2 is 2.20 bits per heavy atom. The zero-order chi connectivity index (χ0) is 10.7. The molecule has 0 saturated carbocycles. The summed E-state index contributed by atoms with van der Waals surface area (Å²) < 4.78 is 0. The van der Waals surface area contributed by atoms with Crippen molar-refractivity contribution in [3.63, 3.8) is 0 Å². The second-order valence-corrected chi connectivity index (χ2v) is 3.66. The first-order valence-electron chi connectivity index (χ1n) is 4.74. The third kappa shape index (κ3) is 2.19. The standard InChI is InChI=1S/C11H12ClN3/c1-13-7-11-14-6-10(15-11)8-4-2-3-5-9(8)12/h2-6,13H,7H2,1H3,(H,14,15). The molecule has 1 aromatic carbocycles. The number of benzene rings is 1. The zero-order valence-electron chi connectivity index (χ0n) is 8.42. The monoisotopic (exact) mass is 221 g/mol. The number of halogens is 1. The summed E-state index contributed by atoms with van der Waals surface area (Å²) in [6.45, 7) is 0.727. The van der Waals surface area contributed by atoms with Gasteiger partial charge in [-0.25, -0.2) is 4.98 Å². The first-order chi connectivity index (χ1) is 7.31. The van der Waals surface area contributed by atoms with E-state index in [1.54, 1.807) is 6.20 Å². The molecule has 1 heterocycles. The van der Waals surface area contributed by atoms with Crippen molar-refractivity contribution in [2.45, 2.75) is 6.54 Å². The molecule has 0 saturated heterocycles. The van der Waals surface area contributed by atoms with Crippen LogP contribution in [0.2, 0.25) is 5.02 Å². The zero-order valence-corrected chi connectivity index (χ0v) is 9.17. The molecule has 0 spiro atoms. The molecule has 0 radical (unpaired) electrons. The molecule has 2 rings (SSSR count). The summed E-state index contributed by atoms with van der Waals surface area (Å²) in [5.74, 6) is 0.910. The Bertz CT molecular complexity index is 451. The molecule has 0 unspecified atom stereocenters. The highest BCUT2D eigenvalue weighted by Gasteiger charge is 2.05. The number of rotatable bonds is 3. The Balaban J connectivity index is 2.33. The summed E-state index contributed by atoms with van der Waals surface area (Å²) in [6, 6.07) is 7.71.